The summed E-state index contributed by atoms with van der Waals surface area (Å²) in [5.41, 5.74) is 3.49. The van der Waals surface area contributed by atoms with Gasteiger partial charge in [0, 0.05) is 56.8 Å². The molecule has 182 valence electrons. The minimum absolute atomic E-state index is 0.139. The molecule has 0 saturated carbocycles. The third-order valence-electron chi connectivity index (χ3n) is 6.22. The quantitative estimate of drug-likeness (QED) is 0.434. The van der Waals surface area contributed by atoms with Crippen LogP contribution in [-0.2, 0) is 7.05 Å². The standard InChI is InChI=1S/C24H29N9O2/c1-15-10-20(28-23(26-15)24(34)30(2)3)27-21-12-18-11-16(6-9-33(18)29-21)22-19(13-25-32(22)5)35-14-17-7-8-31(17)4/h6,9-13,17H,7-8,14H2,1-5H3,(H,26,27,28,29)/t17-/m1/s1. The third kappa shape index (κ3) is 4.54. The van der Waals surface area contributed by atoms with Crippen molar-refractivity contribution >= 4 is 23.1 Å². The van der Waals surface area contributed by atoms with Gasteiger partial charge in [-0.25, -0.2) is 14.5 Å². The van der Waals surface area contributed by atoms with Gasteiger partial charge in [0.25, 0.3) is 5.91 Å². The summed E-state index contributed by atoms with van der Waals surface area (Å²) in [5, 5.41) is 12.2. The van der Waals surface area contributed by atoms with Crippen LogP contribution in [0.4, 0.5) is 11.6 Å². The summed E-state index contributed by atoms with van der Waals surface area (Å²) in [7, 11) is 7.37. The SMILES string of the molecule is Cc1cc(Nc2cc3cc(-c4c(OC[C@H]5CCN5C)cnn4C)ccn3n2)nc(C(=O)N(C)C)n1. The number of likely N-dealkylation sites (N-methyl/N-ethyl adjacent to an activating group) is 1. The number of hydrogen-bond donors (Lipinski definition) is 1. The van der Waals surface area contributed by atoms with Crippen LogP contribution in [0.5, 0.6) is 5.75 Å². The number of rotatable bonds is 7. The number of aryl methyl sites for hydroxylation is 2. The summed E-state index contributed by atoms with van der Waals surface area (Å²) in [6, 6.07) is 8.19. The Labute approximate surface area is 203 Å². The number of aromatic nitrogens is 6. The van der Waals surface area contributed by atoms with Crippen LogP contribution in [0.15, 0.2) is 36.7 Å². The van der Waals surface area contributed by atoms with E-state index in [1.54, 1.807) is 30.9 Å². The fourth-order valence-corrected chi connectivity index (χ4v) is 4.08. The average Bonchev–Trinajstić information content (AvgIpc) is 3.38. The lowest BCUT2D eigenvalue weighted by Crippen LogP contribution is -2.48. The first-order valence-electron chi connectivity index (χ1n) is 11.5. The fraction of sp³-hybridized carbons (Fsp3) is 0.375. The summed E-state index contributed by atoms with van der Waals surface area (Å²) in [6.45, 7) is 3.59. The number of ether oxygens (including phenoxy) is 1. The van der Waals surface area contributed by atoms with Crippen molar-refractivity contribution in [2.45, 2.75) is 19.4 Å². The van der Waals surface area contributed by atoms with Crippen molar-refractivity contribution in [3.63, 3.8) is 0 Å². The molecule has 0 aromatic carbocycles. The van der Waals surface area contributed by atoms with Crippen molar-refractivity contribution in [2.75, 3.05) is 39.6 Å². The van der Waals surface area contributed by atoms with E-state index in [1.807, 2.05) is 43.0 Å². The summed E-state index contributed by atoms with van der Waals surface area (Å²) < 4.78 is 9.75. The fourth-order valence-electron chi connectivity index (χ4n) is 4.08. The largest absolute Gasteiger partial charge is 0.488 e. The molecule has 1 fully saturated rings. The Kier molecular flexibility index (Phi) is 5.85. The molecular weight excluding hydrogens is 446 g/mol. The van der Waals surface area contributed by atoms with Crippen molar-refractivity contribution < 1.29 is 9.53 Å². The first-order chi connectivity index (χ1) is 16.8. The monoisotopic (exact) mass is 475 g/mol. The summed E-state index contributed by atoms with van der Waals surface area (Å²) in [6.07, 6.45) is 4.82. The molecule has 1 aliphatic rings. The molecule has 11 nitrogen and oxygen atoms in total. The molecule has 0 unspecified atom stereocenters. The smallest absolute Gasteiger partial charge is 0.291 e. The van der Waals surface area contributed by atoms with Gasteiger partial charge in [-0.05, 0) is 39.1 Å². The maximum atomic E-state index is 12.3. The van der Waals surface area contributed by atoms with Crippen LogP contribution in [0.1, 0.15) is 22.7 Å². The third-order valence-corrected chi connectivity index (χ3v) is 6.22. The van der Waals surface area contributed by atoms with Gasteiger partial charge in [0.05, 0.1) is 11.7 Å². The predicted octanol–water partition coefficient (Wildman–Crippen LogP) is 2.36. The molecule has 1 saturated heterocycles. The summed E-state index contributed by atoms with van der Waals surface area (Å²) in [4.78, 5) is 24.6. The molecule has 1 aliphatic heterocycles. The Hall–Kier alpha value is -3.99. The first-order valence-corrected chi connectivity index (χ1v) is 11.5. The van der Waals surface area contributed by atoms with Crippen molar-refractivity contribution in [1.82, 2.24) is 39.2 Å². The molecule has 5 rings (SSSR count). The Morgan fingerprint density at radius 1 is 1.20 bits per heavy atom. The number of amides is 1. The number of nitrogens with one attached hydrogen (secondary N) is 1. The van der Waals surface area contributed by atoms with Gasteiger partial charge in [0.2, 0.25) is 5.82 Å². The maximum Gasteiger partial charge on any atom is 0.291 e. The van der Waals surface area contributed by atoms with Gasteiger partial charge in [0.15, 0.2) is 11.6 Å². The zero-order chi connectivity index (χ0) is 24.7. The number of likely N-dealkylation sites (tertiary alicyclic amines) is 1. The van der Waals surface area contributed by atoms with Crippen molar-refractivity contribution in [2.24, 2.45) is 7.05 Å². The van der Waals surface area contributed by atoms with Crippen LogP contribution in [-0.4, -0.2) is 85.4 Å². The van der Waals surface area contributed by atoms with Crippen LogP contribution < -0.4 is 10.1 Å². The number of anilines is 2. The molecule has 4 aromatic heterocycles. The van der Waals surface area contributed by atoms with Gasteiger partial charge in [-0.15, -0.1) is 0 Å². The minimum Gasteiger partial charge on any atom is -0.488 e. The van der Waals surface area contributed by atoms with Gasteiger partial charge < -0.3 is 15.0 Å². The second-order valence-corrected chi connectivity index (χ2v) is 9.07. The summed E-state index contributed by atoms with van der Waals surface area (Å²) >= 11 is 0. The van der Waals surface area contributed by atoms with Crippen molar-refractivity contribution in [3.8, 4) is 17.0 Å². The number of nitrogens with zero attached hydrogens (tertiary/aromatic N) is 8. The second kappa shape index (κ2) is 8.99. The van der Waals surface area contributed by atoms with Gasteiger partial charge in [0.1, 0.15) is 18.1 Å². The van der Waals surface area contributed by atoms with Crippen LogP contribution >= 0.6 is 0 Å². The Bertz CT molecular complexity index is 1390. The van der Waals surface area contributed by atoms with Crippen LogP contribution in [0.2, 0.25) is 0 Å². The van der Waals surface area contributed by atoms with E-state index >= 15 is 0 Å². The molecule has 5 heterocycles. The topological polar surface area (TPSA) is 106 Å². The van der Waals surface area contributed by atoms with E-state index in [4.69, 9.17) is 4.74 Å². The van der Waals surface area contributed by atoms with Gasteiger partial charge in [-0.2, -0.15) is 10.2 Å². The lowest BCUT2D eigenvalue weighted by atomic mass is 10.1. The van der Waals surface area contributed by atoms with E-state index in [1.165, 1.54) is 4.90 Å². The van der Waals surface area contributed by atoms with E-state index in [9.17, 15) is 4.79 Å². The van der Waals surface area contributed by atoms with E-state index in [0.717, 1.165) is 35.5 Å². The molecule has 35 heavy (non-hydrogen) atoms. The zero-order valence-corrected chi connectivity index (χ0v) is 20.6. The Morgan fingerprint density at radius 3 is 2.74 bits per heavy atom. The number of hydrogen-bond acceptors (Lipinski definition) is 8. The number of carbonyl (C=O) groups is 1. The Morgan fingerprint density at radius 2 is 2.03 bits per heavy atom. The van der Waals surface area contributed by atoms with E-state index in [2.05, 4.69) is 37.4 Å². The molecule has 1 N–H and O–H groups in total. The van der Waals surface area contributed by atoms with Crippen LogP contribution in [0, 0.1) is 6.92 Å². The van der Waals surface area contributed by atoms with Gasteiger partial charge in [-0.1, -0.05) is 0 Å². The average molecular weight is 476 g/mol. The molecule has 0 spiro atoms. The van der Waals surface area contributed by atoms with Gasteiger partial charge in [-0.3, -0.25) is 14.4 Å². The lowest BCUT2D eigenvalue weighted by Gasteiger charge is -2.37. The molecule has 0 radical (unpaired) electrons. The molecule has 0 aliphatic carbocycles. The van der Waals surface area contributed by atoms with E-state index in [0.29, 0.717) is 30.0 Å². The molecule has 11 heteroatoms. The predicted molar refractivity (Wildman–Crippen MR) is 132 cm³/mol. The molecule has 1 atom stereocenters. The Balaban J connectivity index is 1.39. The van der Waals surface area contributed by atoms with Crippen molar-refractivity contribution in [3.05, 3.63) is 48.2 Å². The summed E-state index contributed by atoms with van der Waals surface area (Å²) in [5.74, 6) is 1.77. The highest BCUT2D eigenvalue weighted by Gasteiger charge is 2.25. The van der Waals surface area contributed by atoms with E-state index in [-0.39, 0.29) is 11.7 Å². The minimum atomic E-state index is -0.255. The highest BCUT2D eigenvalue weighted by Crippen LogP contribution is 2.31. The number of pyridine rings is 1. The normalized spacial score (nSPS) is 15.7. The van der Waals surface area contributed by atoms with Crippen LogP contribution in [0.25, 0.3) is 16.8 Å². The first kappa shape index (κ1) is 22.8. The van der Waals surface area contributed by atoms with Crippen LogP contribution in [0.3, 0.4) is 0 Å². The highest BCUT2D eigenvalue weighted by molar-refractivity contribution is 5.90. The highest BCUT2D eigenvalue weighted by atomic mass is 16.5. The molecular formula is C24H29N9O2. The molecule has 4 aromatic rings. The zero-order valence-electron chi connectivity index (χ0n) is 20.6. The maximum absolute atomic E-state index is 12.3. The second-order valence-electron chi connectivity index (χ2n) is 9.07. The van der Waals surface area contributed by atoms with Crippen molar-refractivity contribution in [1.29, 1.82) is 0 Å². The molecule has 1 amide bonds. The molecule has 0 bridgehead atoms. The van der Waals surface area contributed by atoms with Gasteiger partial charge >= 0.3 is 0 Å². The lowest BCUT2D eigenvalue weighted by molar-refractivity contribution is 0.0771. The van der Waals surface area contributed by atoms with E-state index < -0.39 is 0 Å². The number of carbonyl (C=O) groups excluding carboxylic acids is 1. The number of fused-ring (bicyclic) bond motifs is 1.